The van der Waals surface area contributed by atoms with Crippen LogP contribution in [0.3, 0.4) is 0 Å². The van der Waals surface area contributed by atoms with Crippen molar-refractivity contribution >= 4 is 17.2 Å². The van der Waals surface area contributed by atoms with Crippen LogP contribution in [-0.2, 0) is 16.8 Å². The highest BCUT2D eigenvalue weighted by Gasteiger charge is 2.64. The number of phenols is 1. The van der Waals surface area contributed by atoms with Crippen LogP contribution in [0.5, 0.6) is 5.75 Å². The lowest BCUT2D eigenvalue weighted by atomic mass is 9.45. The van der Waals surface area contributed by atoms with Crippen molar-refractivity contribution in [2.45, 2.75) is 57.5 Å². The maximum absolute atomic E-state index is 13.6. The van der Waals surface area contributed by atoms with Crippen molar-refractivity contribution < 1.29 is 15.0 Å². The summed E-state index contributed by atoms with van der Waals surface area (Å²) in [7, 11) is 0. The number of rotatable bonds is 6. The largest absolute Gasteiger partial charge is 0.508 e. The van der Waals surface area contributed by atoms with E-state index in [0.29, 0.717) is 30.7 Å². The molecule has 4 nitrogen and oxygen atoms in total. The third-order valence-corrected chi connectivity index (χ3v) is 9.01. The SMILES string of the molecule is Cc1ccc(C(O)(C(=O)NCCc2ccccc2O)C23CC4CC(CC(C4)C2)C3)s1. The fraction of sp³-hybridized carbons (Fsp3) is 0.560. The summed E-state index contributed by atoms with van der Waals surface area (Å²) in [6.45, 7) is 2.43. The Kier molecular flexibility index (Phi) is 4.94. The lowest BCUT2D eigenvalue weighted by molar-refractivity contribution is -0.193. The van der Waals surface area contributed by atoms with Gasteiger partial charge in [-0.15, -0.1) is 11.3 Å². The fourth-order valence-electron chi connectivity index (χ4n) is 6.96. The fourth-order valence-corrected chi connectivity index (χ4v) is 8.03. The van der Waals surface area contributed by atoms with Gasteiger partial charge in [-0.1, -0.05) is 18.2 Å². The van der Waals surface area contributed by atoms with Gasteiger partial charge in [0.25, 0.3) is 5.91 Å². The number of benzene rings is 1. The van der Waals surface area contributed by atoms with Gasteiger partial charge in [-0.05, 0) is 93.4 Å². The van der Waals surface area contributed by atoms with Crippen LogP contribution in [0.1, 0.15) is 53.8 Å². The Balaban J connectivity index is 1.42. The van der Waals surface area contributed by atoms with E-state index in [1.165, 1.54) is 19.3 Å². The van der Waals surface area contributed by atoms with Crippen LogP contribution in [0, 0.1) is 30.1 Å². The maximum Gasteiger partial charge on any atom is 0.258 e. The van der Waals surface area contributed by atoms with Gasteiger partial charge in [0.1, 0.15) is 5.75 Å². The number of aliphatic hydroxyl groups is 1. The van der Waals surface area contributed by atoms with Gasteiger partial charge in [0.2, 0.25) is 0 Å². The van der Waals surface area contributed by atoms with E-state index in [-0.39, 0.29) is 17.1 Å². The number of aryl methyl sites for hydroxylation is 1. The first-order valence-corrected chi connectivity index (χ1v) is 12.1. The van der Waals surface area contributed by atoms with Gasteiger partial charge in [-0.25, -0.2) is 0 Å². The molecule has 0 spiro atoms. The Bertz CT molecular complexity index is 916. The van der Waals surface area contributed by atoms with Crippen LogP contribution in [0.2, 0.25) is 0 Å². The van der Waals surface area contributed by atoms with Gasteiger partial charge in [0.15, 0.2) is 5.60 Å². The molecule has 6 rings (SSSR count). The average Bonchev–Trinajstić information content (AvgIpc) is 3.14. The number of carbonyl (C=O) groups excluding carboxylic acids is 1. The second-order valence-corrected chi connectivity index (χ2v) is 11.2. The highest BCUT2D eigenvalue weighted by atomic mass is 32.1. The minimum Gasteiger partial charge on any atom is -0.508 e. The predicted molar refractivity (Wildman–Crippen MR) is 118 cm³/mol. The van der Waals surface area contributed by atoms with E-state index in [0.717, 1.165) is 34.6 Å². The zero-order valence-electron chi connectivity index (χ0n) is 17.6. The Hall–Kier alpha value is -1.85. The van der Waals surface area contributed by atoms with E-state index in [9.17, 15) is 15.0 Å². The molecule has 5 heteroatoms. The number of para-hydroxylation sites is 1. The third kappa shape index (κ3) is 3.18. The van der Waals surface area contributed by atoms with Crippen molar-refractivity contribution in [2.75, 3.05) is 6.54 Å². The number of phenolic OH excluding ortho intramolecular Hbond substituents is 1. The maximum atomic E-state index is 13.6. The molecule has 4 aliphatic carbocycles. The van der Waals surface area contributed by atoms with Crippen molar-refractivity contribution in [3.05, 3.63) is 51.7 Å². The first kappa shape index (κ1) is 20.1. The van der Waals surface area contributed by atoms with Crippen molar-refractivity contribution in [1.29, 1.82) is 0 Å². The topological polar surface area (TPSA) is 69.6 Å². The van der Waals surface area contributed by atoms with Gasteiger partial charge >= 0.3 is 0 Å². The average molecular weight is 426 g/mol. The minimum absolute atomic E-state index is 0.247. The first-order valence-electron chi connectivity index (χ1n) is 11.2. The van der Waals surface area contributed by atoms with Crippen LogP contribution in [0.15, 0.2) is 36.4 Å². The molecule has 3 N–H and O–H groups in total. The Morgan fingerprint density at radius 3 is 2.30 bits per heavy atom. The molecular weight excluding hydrogens is 394 g/mol. The van der Waals surface area contributed by atoms with E-state index in [4.69, 9.17) is 0 Å². The standard InChI is InChI=1S/C25H31NO3S/c1-16-6-7-22(30-16)25(29,23(28)26-9-8-20-4-2-3-5-21(20)27)24-13-17-10-18(14-24)12-19(11-17)15-24/h2-7,17-19,27,29H,8-15H2,1H3,(H,26,28). The molecule has 1 aromatic carbocycles. The van der Waals surface area contributed by atoms with Gasteiger partial charge < -0.3 is 15.5 Å². The summed E-state index contributed by atoms with van der Waals surface area (Å²) in [5.74, 6) is 1.94. The number of hydrogen-bond acceptors (Lipinski definition) is 4. The van der Waals surface area contributed by atoms with Crippen molar-refractivity contribution in [1.82, 2.24) is 5.32 Å². The number of hydrogen-bond donors (Lipinski definition) is 3. The highest BCUT2D eigenvalue weighted by Crippen LogP contribution is 2.66. The minimum atomic E-state index is -1.47. The van der Waals surface area contributed by atoms with Crippen molar-refractivity contribution in [3.8, 4) is 5.75 Å². The second-order valence-electron chi connectivity index (χ2n) is 9.95. The number of amides is 1. The summed E-state index contributed by atoms with van der Waals surface area (Å²) in [6, 6.07) is 11.2. The molecule has 4 aliphatic rings. The zero-order chi connectivity index (χ0) is 20.9. The Morgan fingerprint density at radius 2 is 1.73 bits per heavy atom. The zero-order valence-corrected chi connectivity index (χ0v) is 18.4. The van der Waals surface area contributed by atoms with Crippen LogP contribution in [0.4, 0.5) is 0 Å². The monoisotopic (exact) mass is 425 g/mol. The van der Waals surface area contributed by atoms with Crippen LogP contribution < -0.4 is 5.32 Å². The molecule has 160 valence electrons. The van der Waals surface area contributed by atoms with Gasteiger partial charge in [0, 0.05) is 21.7 Å². The molecule has 30 heavy (non-hydrogen) atoms. The highest BCUT2D eigenvalue weighted by molar-refractivity contribution is 7.12. The predicted octanol–water partition coefficient (Wildman–Crippen LogP) is 4.53. The summed E-state index contributed by atoms with van der Waals surface area (Å²) in [4.78, 5) is 15.6. The molecule has 1 atom stereocenters. The van der Waals surface area contributed by atoms with E-state index >= 15 is 0 Å². The van der Waals surface area contributed by atoms with Gasteiger partial charge in [-0.3, -0.25) is 4.79 Å². The van der Waals surface area contributed by atoms with Gasteiger partial charge in [0.05, 0.1) is 0 Å². The van der Waals surface area contributed by atoms with Crippen molar-refractivity contribution in [3.63, 3.8) is 0 Å². The van der Waals surface area contributed by atoms with Crippen LogP contribution >= 0.6 is 11.3 Å². The molecule has 4 saturated carbocycles. The third-order valence-electron chi connectivity index (χ3n) is 7.90. The first-order chi connectivity index (χ1) is 14.4. The Morgan fingerprint density at radius 1 is 1.10 bits per heavy atom. The number of carbonyl (C=O) groups is 1. The summed E-state index contributed by atoms with van der Waals surface area (Å²) in [6.07, 6.45) is 7.23. The summed E-state index contributed by atoms with van der Waals surface area (Å²) >= 11 is 1.55. The molecule has 1 amide bonds. The summed E-state index contributed by atoms with van der Waals surface area (Å²) < 4.78 is 0. The quantitative estimate of drug-likeness (QED) is 0.637. The molecule has 4 bridgehead atoms. The van der Waals surface area contributed by atoms with E-state index in [1.54, 1.807) is 23.5 Å². The number of thiophene rings is 1. The van der Waals surface area contributed by atoms with Crippen LogP contribution in [0.25, 0.3) is 0 Å². The molecule has 0 radical (unpaired) electrons. The number of nitrogens with one attached hydrogen (secondary N) is 1. The summed E-state index contributed by atoms with van der Waals surface area (Å²) in [5, 5.41) is 25.3. The molecule has 1 heterocycles. The molecular formula is C25H31NO3S. The molecule has 1 unspecified atom stereocenters. The molecule has 1 aromatic heterocycles. The smallest absolute Gasteiger partial charge is 0.258 e. The lowest BCUT2D eigenvalue weighted by Gasteiger charge is -2.61. The molecule has 0 aliphatic heterocycles. The van der Waals surface area contributed by atoms with Crippen LogP contribution in [-0.4, -0.2) is 22.7 Å². The normalized spacial score (nSPS) is 31.5. The molecule has 0 saturated heterocycles. The van der Waals surface area contributed by atoms with Gasteiger partial charge in [-0.2, -0.15) is 0 Å². The lowest BCUT2D eigenvalue weighted by Crippen LogP contribution is -2.62. The number of aromatic hydroxyl groups is 1. The summed E-state index contributed by atoms with van der Waals surface area (Å²) in [5.41, 5.74) is -1.01. The second kappa shape index (κ2) is 7.38. The molecule has 2 aromatic rings. The van der Waals surface area contributed by atoms with E-state index in [2.05, 4.69) is 5.32 Å². The van der Waals surface area contributed by atoms with E-state index < -0.39 is 5.60 Å². The van der Waals surface area contributed by atoms with Crippen molar-refractivity contribution in [2.24, 2.45) is 23.2 Å². The molecule has 4 fully saturated rings. The van der Waals surface area contributed by atoms with E-state index in [1.807, 2.05) is 31.2 Å². The Labute approximate surface area is 182 Å².